The summed E-state index contributed by atoms with van der Waals surface area (Å²) in [7, 11) is 0. The van der Waals surface area contributed by atoms with E-state index in [1.165, 1.54) is 5.56 Å². The number of aryl methyl sites for hydroxylation is 2. The molecule has 5 heteroatoms. The van der Waals surface area contributed by atoms with Crippen molar-refractivity contribution in [2.24, 2.45) is 10.7 Å². The van der Waals surface area contributed by atoms with Crippen LogP contribution >= 0.6 is 11.3 Å². The number of benzene rings is 1. The minimum absolute atomic E-state index is 0.428. The van der Waals surface area contributed by atoms with Crippen LogP contribution in [0.15, 0.2) is 34.8 Å². The third-order valence-electron chi connectivity index (χ3n) is 2.87. The Hall–Kier alpha value is -1.88. The summed E-state index contributed by atoms with van der Waals surface area (Å²) in [4.78, 5) is 9.65. The summed E-state index contributed by atoms with van der Waals surface area (Å²) < 4.78 is 0. The number of nitrogens with one attached hydrogen (secondary N) is 1. The van der Waals surface area contributed by atoms with E-state index in [0.29, 0.717) is 12.5 Å². The highest BCUT2D eigenvalue weighted by Crippen LogP contribution is 2.13. The minimum atomic E-state index is 0.428. The SMILES string of the molecule is CCc1ccc(NC(N)=NCc2scnc2C)cc1. The lowest BCUT2D eigenvalue weighted by atomic mass is 10.1. The Morgan fingerprint density at radius 1 is 1.37 bits per heavy atom. The van der Waals surface area contributed by atoms with Crippen molar-refractivity contribution in [2.45, 2.75) is 26.8 Å². The van der Waals surface area contributed by atoms with Crippen LogP contribution in [0, 0.1) is 6.92 Å². The predicted octanol–water partition coefficient (Wildman–Crippen LogP) is 2.94. The first kappa shape index (κ1) is 13.5. The van der Waals surface area contributed by atoms with Crippen LogP contribution in [0.4, 0.5) is 5.69 Å². The van der Waals surface area contributed by atoms with Crippen LogP contribution in [0.2, 0.25) is 0 Å². The van der Waals surface area contributed by atoms with Gasteiger partial charge in [0.2, 0.25) is 0 Å². The van der Waals surface area contributed by atoms with E-state index in [1.54, 1.807) is 11.3 Å². The Morgan fingerprint density at radius 3 is 2.68 bits per heavy atom. The molecule has 1 aromatic carbocycles. The van der Waals surface area contributed by atoms with E-state index in [9.17, 15) is 0 Å². The molecule has 0 fully saturated rings. The van der Waals surface area contributed by atoms with E-state index in [2.05, 4.69) is 34.3 Å². The van der Waals surface area contributed by atoms with Crippen molar-refractivity contribution < 1.29 is 0 Å². The van der Waals surface area contributed by atoms with Crippen molar-refractivity contribution in [3.8, 4) is 0 Å². The largest absolute Gasteiger partial charge is 0.370 e. The van der Waals surface area contributed by atoms with Gasteiger partial charge in [0.25, 0.3) is 0 Å². The summed E-state index contributed by atoms with van der Waals surface area (Å²) in [6.45, 7) is 4.69. The topological polar surface area (TPSA) is 63.3 Å². The van der Waals surface area contributed by atoms with Crippen LogP contribution in [0.5, 0.6) is 0 Å². The summed E-state index contributed by atoms with van der Waals surface area (Å²) in [5, 5.41) is 3.09. The lowest BCUT2D eigenvalue weighted by molar-refractivity contribution is 1.05. The molecule has 0 aliphatic rings. The third-order valence-corrected chi connectivity index (χ3v) is 3.79. The Kier molecular flexibility index (Phi) is 4.52. The van der Waals surface area contributed by atoms with Gasteiger partial charge in [0.1, 0.15) is 0 Å². The highest BCUT2D eigenvalue weighted by Gasteiger charge is 2.00. The summed E-state index contributed by atoms with van der Waals surface area (Å²) in [6, 6.07) is 8.20. The number of aromatic nitrogens is 1. The Labute approximate surface area is 117 Å². The molecule has 0 spiro atoms. The molecule has 0 bridgehead atoms. The fourth-order valence-electron chi connectivity index (χ4n) is 1.65. The molecule has 1 heterocycles. The molecule has 1 aromatic heterocycles. The van der Waals surface area contributed by atoms with Gasteiger partial charge in [-0.2, -0.15) is 0 Å². The summed E-state index contributed by atoms with van der Waals surface area (Å²) >= 11 is 1.60. The first-order valence-electron chi connectivity index (χ1n) is 6.24. The average Bonchev–Trinajstić information content (AvgIpc) is 2.83. The summed E-state index contributed by atoms with van der Waals surface area (Å²) in [6.07, 6.45) is 1.04. The molecular weight excluding hydrogens is 256 g/mol. The lowest BCUT2D eigenvalue weighted by Crippen LogP contribution is -2.22. The molecule has 100 valence electrons. The van der Waals surface area contributed by atoms with E-state index in [4.69, 9.17) is 5.73 Å². The smallest absolute Gasteiger partial charge is 0.193 e. The number of nitrogens with two attached hydrogens (primary N) is 1. The van der Waals surface area contributed by atoms with Crippen molar-refractivity contribution in [3.05, 3.63) is 45.9 Å². The Morgan fingerprint density at radius 2 is 2.11 bits per heavy atom. The summed E-state index contributed by atoms with van der Waals surface area (Å²) in [5.74, 6) is 0.428. The second-order valence-corrected chi connectivity index (χ2v) is 5.18. The van der Waals surface area contributed by atoms with Gasteiger partial charge in [-0.1, -0.05) is 19.1 Å². The number of nitrogens with zero attached hydrogens (tertiary/aromatic N) is 2. The maximum Gasteiger partial charge on any atom is 0.193 e. The first-order chi connectivity index (χ1) is 9.19. The van der Waals surface area contributed by atoms with Gasteiger partial charge in [-0.05, 0) is 31.0 Å². The third kappa shape index (κ3) is 3.79. The molecule has 0 radical (unpaired) electrons. The van der Waals surface area contributed by atoms with E-state index < -0.39 is 0 Å². The van der Waals surface area contributed by atoms with E-state index in [1.807, 2.05) is 24.6 Å². The average molecular weight is 274 g/mol. The van der Waals surface area contributed by atoms with Crippen molar-refractivity contribution >= 4 is 23.0 Å². The van der Waals surface area contributed by atoms with Gasteiger partial charge in [-0.25, -0.2) is 9.98 Å². The van der Waals surface area contributed by atoms with E-state index in [-0.39, 0.29) is 0 Å². The number of aliphatic imine (C=N–C) groups is 1. The fourth-order valence-corrected chi connectivity index (χ4v) is 2.35. The zero-order chi connectivity index (χ0) is 13.7. The van der Waals surface area contributed by atoms with Crippen molar-refractivity contribution in [1.82, 2.24) is 4.98 Å². The van der Waals surface area contributed by atoms with Gasteiger partial charge in [0.15, 0.2) is 5.96 Å². The van der Waals surface area contributed by atoms with Crippen LogP contribution in [0.25, 0.3) is 0 Å². The monoisotopic (exact) mass is 274 g/mol. The van der Waals surface area contributed by atoms with Gasteiger partial charge in [-0.3, -0.25) is 0 Å². The molecule has 2 rings (SSSR count). The predicted molar refractivity (Wildman–Crippen MR) is 81.6 cm³/mol. The minimum Gasteiger partial charge on any atom is -0.370 e. The number of anilines is 1. The van der Waals surface area contributed by atoms with E-state index >= 15 is 0 Å². The normalized spacial score (nSPS) is 11.6. The maximum absolute atomic E-state index is 5.87. The Balaban J connectivity index is 1.96. The number of rotatable bonds is 4. The number of hydrogen-bond acceptors (Lipinski definition) is 3. The van der Waals surface area contributed by atoms with Crippen LogP contribution < -0.4 is 11.1 Å². The molecule has 19 heavy (non-hydrogen) atoms. The van der Waals surface area contributed by atoms with Crippen molar-refractivity contribution in [1.29, 1.82) is 0 Å². The highest BCUT2D eigenvalue weighted by atomic mass is 32.1. The molecule has 0 saturated heterocycles. The molecule has 0 saturated carbocycles. The molecule has 0 amide bonds. The number of hydrogen-bond donors (Lipinski definition) is 2. The van der Waals surface area contributed by atoms with E-state index in [0.717, 1.165) is 22.7 Å². The number of thiazole rings is 1. The van der Waals surface area contributed by atoms with Crippen LogP contribution in [0.1, 0.15) is 23.1 Å². The zero-order valence-corrected chi connectivity index (χ0v) is 12.0. The van der Waals surface area contributed by atoms with Crippen molar-refractivity contribution in [2.75, 3.05) is 5.32 Å². The van der Waals surface area contributed by atoms with Crippen LogP contribution in [-0.2, 0) is 13.0 Å². The van der Waals surface area contributed by atoms with Gasteiger partial charge in [-0.15, -0.1) is 11.3 Å². The quantitative estimate of drug-likeness (QED) is 0.665. The zero-order valence-electron chi connectivity index (χ0n) is 11.2. The summed E-state index contributed by atoms with van der Waals surface area (Å²) in [5.41, 5.74) is 11.0. The molecule has 0 aliphatic carbocycles. The molecule has 4 nitrogen and oxygen atoms in total. The Bertz CT molecular complexity index is 557. The van der Waals surface area contributed by atoms with Crippen molar-refractivity contribution in [3.63, 3.8) is 0 Å². The number of guanidine groups is 1. The van der Waals surface area contributed by atoms with Crippen LogP contribution in [0.3, 0.4) is 0 Å². The van der Waals surface area contributed by atoms with Gasteiger partial charge in [0.05, 0.1) is 17.7 Å². The first-order valence-corrected chi connectivity index (χ1v) is 7.12. The van der Waals surface area contributed by atoms with Crippen LogP contribution in [-0.4, -0.2) is 10.9 Å². The van der Waals surface area contributed by atoms with Gasteiger partial charge < -0.3 is 11.1 Å². The second-order valence-electron chi connectivity index (χ2n) is 4.24. The fraction of sp³-hybridized carbons (Fsp3) is 0.286. The molecule has 2 aromatic rings. The standard InChI is InChI=1S/C14H18N4S/c1-3-11-4-6-12(7-5-11)18-14(15)16-8-13-10(2)17-9-19-13/h4-7,9H,3,8H2,1-2H3,(H3,15,16,18). The molecule has 3 N–H and O–H groups in total. The maximum atomic E-state index is 5.87. The highest BCUT2D eigenvalue weighted by molar-refractivity contribution is 7.09. The van der Waals surface area contributed by atoms with Gasteiger partial charge >= 0.3 is 0 Å². The molecular formula is C14H18N4S. The molecule has 0 aliphatic heterocycles. The molecule has 0 atom stereocenters. The molecule has 0 unspecified atom stereocenters. The lowest BCUT2D eigenvalue weighted by Gasteiger charge is -2.06. The second kappa shape index (κ2) is 6.33. The van der Waals surface area contributed by atoms with Gasteiger partial charge in [0, 0.05) is 10.6 Å².